The topological polar surface area (TPSA) is 66.6 Å². The van der Waals surface area contributed by atoms with Crippen LogP contribution in [0.15, 0.2) is 83.3 Å². The van der Waals surface area contributed by atoms with Crippen molar-refractivity contribution >= 4 is 17.2 Å². The highest BCUT2D eigenvalue weighted by atomic mass is 15.6. The van der Waals surface area contributed by atoms with E-state index in [1.54, 1.807) is 17.3 Å². The third-order valence-corrected chi connectivity index (χ3v) is 2.71. The van der Waals surface area contributed by atoms with Crippen LogP contribution in [0.25, 0.3) is 0 Å². The maximum atomic E-state index is 4.26. The standard InChI is InChI=1S/C15H12N6/c1-3-7-13(8-4-1)17-20-21(14-9-5-2-6-10-14)15-11-12-16-19-18-15/h1-12H/b20-17+. The van der Waals surface area contributed by atoms with Gasteiger partial charge in [-0.05, 0) is 29.5 Å². The van der Waals surface area contributed by atoms with Crippen LogP contribution in [0.2, 0.25) is 0 Å². The first-order chi connectivity index (χ1) is 10.4. The predicted molar refractivity (Wildman–Crippen MR) is 79.4 cm³/mol. The van der Waals surface area contributed by atoms with Crippen molar-refractivity contribution in [2.45, 2.75) is 0 Å². The van der Waals surface area contributed by atoms with E-state index in [0.717, 1.165) is 11.4 Å². The number of hydrogen-bond acceptors (Lipinski definition) is 5. The van der Waals surface area contributed by atoms with E-state index in [1.165, 1.54) is 0 Å². The van der Waals surface area contributed by atoms with Gasteiger partial charge >= 0.3 is 0 Å². The average Bonchev–Trinajstić information content (AvgIpc) is 2.58. The Morgan fingerprint density at radius 1 is 0.810 bits per heavy atom. The minimum absolute atomic E-state index is 0.552. The van der Waals surface area contributed by atoms with E-state index in [9.17, 15) is 0 Å². The quantitative estimate of drug-likeness (QED) is 0.538. The molecule has 0 fully saturated rings. The minimum atomic E-state index is 0.552. The van der Waals surface area contributed by atoms with Crippen LogP contribution in [0.5, 0.6) is 0 Å². The molecule has 0 bridgehead atoms. The summed E-state index contributed by atoms with van der Waals surface area (Å²) in [5, 5.41) is 21.4. The summed E-state index contributed by atoms with van der Waals surface area (Å²) >= 11 is 0. The van der Waals surface area contributed by atoms with Gasteiger partial charge in [-0.25, -0.2) is 0 Å². The summed E-state index contributed by atoms with van der Waals surface area (Å²) in [5.41, 5.74) is 1.61. The highest BCUT2D eigenvalue weighted by Gasteiger charge is 2.09. The number of aromatic nitrogens is 3. The zero-order valence-corrected chi connectivity index (χ0v) is 11.1. The van der Waals surface area contributed by atoms with Crippen LogP contribution >= 0.6 is 0 Å². The SMILES string of the molecule is c1ccc(/N=N/N(c2ccccc2)c2ccnnn2)cc1. The highest BCUT2D eigenvalue weighted by molar-refractivity contribution is 5.57. The molecule has 102 valence electrons. The van der Waals surface area contributed by atoms with Crippen molar-refractivity contribution in [3.63, 3.8) is 0 Å². The van der Waals surface area contributed by atoms with Crippen molar-refractivity contribution in [1.29, 1.82) is 0 Å². The second kappa shape index (κ2) is 6.33. The highest BCUT2D eigenvalue weighted by Crippen LogP contribution is 2.24. The average molecular weight is 276 g/mol. The summed E-state index contributed by atoms with van der Waals surface area (Å²) in [4.78, 5) is 0. The number of anilines is 2. The lowest BCUT2D eigenvalue weighted by Gasteiger charge is -2.15. The molecule has 0 aliphatic carbocycles. The molecule has 0 unspecified atom stereocenters. The molecule has 3 rings (SSSR count). The molecule has 0 aliphatic rings. The summed E-state index contributed by atoms with van der Waals surface area (Å²) < 4.78 is 0. The van der Waals surface area contributed by atoms with Crippen molar-refractivity contribution in [3.05, 3.63) is 72.9 Å². The first kappa shape index (κ1) is 12.9. The number of rotatable bonds is 4. The van der Waals surface area contributed by atoms with E-state index in [1.807, 2.05) is 60.7 Å². The Hall–Kier alpha value is -3.15. The lowest BCUT2D eigenvalue weighted by Crippen LogP contribution is -2.10. The van der Waals surface area contributed by atoms with Gasteiger partial charge in [0.25, 0.3) is 0 Å². The van der Waals surface area contributed by atoms with Gasteiger partial charge in [0.2, 0.25) is 0 Å². The summed E-state index contributed by atoms with van der Waals surface area (Å²) in [6.45, 7) is 0. The Labute approximate surface area is 121 Å². The first-order valence-electron chi connectivity index (χ1n) is 6.40. The molecule has 21 heavy (non-hydrogen) atoms. The predicted octanol–water partition coefficient (Wildman–Crippen LogP) is 3.71. The summed E-state index contributed by atoms with van der Waals surface area (Å²) in [7, 11) is 0. The first-order valence-corrected chi connectivity index (χ1v) is 6.40. The van der Waals surface area contributed by atoms with E-state index in [4.69, 9.17) is 0 Å². The van der Waals surface area contributed by atoms with E-state index in [-0.39, 0.29) is 0 Å². The van der Waals surface area contributed by atoms with Gasteiger partial charge in [-0.15, -0.1) is 15.3 Å². The molecule has 0 radical (unpaired) electrons. The van der Waals surface area contributed by atoms with E-state index in [0.29, 0.717) is 5.82 Å². The van der Waals surface area contributed by atoms with Crippen LogP contribution < -0.4 is 5.01 Å². The fourth-order valence-electron chi connectivity index (χ4n) is 1.74. The normalized spacial score (nSPS) is 10.7. The molecule has 1 aromatic heterocycles. The molecule has 0 aliphatic heterocycles. The van der Waals surface area contributed by atoms with Gasteiger partial charge in [-0.3, -0.25) is 0 Å². The van der Waals surface area contributed by atoms with E-state index >= 15 is 0 Å². The van der Waals surface area contributed by atoms with E-state index in [2.05, 4.69) is 25.7 Å². The molecular weight excluding hydrogens is 264 g/mol. The van der Waals surface area contributed by atoms with Crippen LogP contribution in [0.1, 0.15) is 0 Å². The lowest BCUT2D eigenvalue weighted by atomic mass is 10.3. The third kappa shape index (κ3) is 3.24. The molecule has 6 nitrogen and oxygen atoms in total. The molecule has 0 saturated heterocycles. The van der Waals surface area contributed by atoms with Gasteiger partial charge < -0.3 is 0 Å². The monoisotopic (exact) mass is 276 g/mol. The lowest BCUT2D eigenvalue weighted by molar-refractivity contribution is 0.829. The second-order valence-corrected chi connectivity index (χ2v) is 4.15. The zero-order valence-electron chi connectivity index (χ0n) is 11.1. The van der Waals surface area contributed by atoms with Crippen LogP contribution in [-0.2, 0) is 0 Å². The van der Waals surface area contributed by atoms with E-state index < -0.39 is 0 Å². The fraction of sp³-hybridized carbons (Fsp3) is 0. The van der Waals surface area contributed by atoms with Gasteiger partial charge in [0, 0.05) is 6.07 Å². The van der Waals surface area contributed by atoms with Crippen LogP contribution in [0.3, 0.4) is 0 Å². The molecule has 0 amide bonds. The van der Waals surface area contributed by atoms with Gasteiger partial charge in [-0.1, -0.05) is 41.6 Å². The molecular formula is C15H12N6. The number of nitrogens with zero attached hydrogens (tertiary/aromatic N) is 6. The molecule has 0 N–H and O–H groups in total. The van der Waals surface area contributed by atoms with Gasteiger partial charge in [0.05, 0.1) is 17.6 Å². The maximum Gasteiger partial charge on any atom is 0.181 e. The van der Waals surface area contributed by atoms with Crippen molar-refractivity contribution in [3.8, 4) is 0 Å². The van der Waals surface area contributed by atoms with Gasteiger partial charge in [-0.2, -0.15) is 5.01 Å². The van der Waals surface area contributed by atoms with Crippen LogP contribution in [0.4, 0.5) is 17.2 Å². The van der Waals surface area contributed by atoms with Crippen LogP contribution in [-0.4, -0.2) is 15.4 Å². The summed E-state index contributed by atoms with van der Waals surface area (Å²) in [6.07, 6.45) is 1.57. The number of hydrogen-bond donors (Lipinski definition) is 0. The van der Waals surface area contributed by atoms with Crippen LogP contribution in [0, 0.1) is 0 Å². The maximum absolute atomic E-state index is 4.26. The Kier molecular flexibility index (Phi) is 3.88. The molecule has 3 aromatic rings. The Morgan fingerprint density at radius 3 is 2.19 bits per heavy atom. The molecule has 6 heteroatoms. The Bertz CT molecular complexity index is 661. The third-order valence-electron chi connectivity index (χ3n) is 2.71. The minimum Gasteiger partial charge on any atom is -0.195 e. The number of benzene rings is 2. The fourth-order valence-corrected chi connectivity index (χ4v) is 1.74. The molecule has 1 heterocycles. The van der Waals surface area contributed by atoms with Crippen molar-refractivity contribution in [2.75, 3.05) is 5.01 Å². The summed E-state index contributed by atoms with van der Waals surface area (Å²) in [6, 6.07) is 20.9. The summed E-state index contributed by atoms with van der Waals surface area (Å²) in [5.74, 6) is 0.552. The largest absolute Gasteiger partial charge is 0.195 e. The van der Waals surface area contributed by atoms with Crippen molar-refractivity contribution < 1.29 is 0 Å². The molecule has 0 spiro atoms. The molecule has 0 atom stereocenters. The van der Waals surface area contributed by atoms with Crippen molar-refractivity contribution in [2.24, 2.45) is 10.3 Å². The smallest absolute Gasteiger partial charge is 0.181 e. The second-order valence-electron chi connectivity index (χ2n) is 4.15. The Balaban J connectivity index is 1.96. The molecule has 2 aromatic carbocycles. The molecule has 0 saturated carbocycles. The number of para-hydroxylation sites is 1. The Morgan fingerprint density at radius 2 is 1.52 bits per heavy atom. The van der Waals surface area contributed by atoms with Gasteiger partial charge in [0.1, 0.15) is 0 Å². The van der Waals surface area contributed by atoms with Gasteiger partial charge in [0.15, 0.2) is 5.82 Å². The zero-order chi connectivity index (χ0) is 14.3. The van der Waals surface area contributed by atoms with Crippen molar-refractivity contribution in [1.82, 2.24) is 15.4 Å².